The lowest BCUT2D eigenvalue weighted by molar-refractivity contribution is 0.0697. The number of nitrogens with zero attached hydrogens (tertiary/aromatic N) is 1. The van der Waals surface area contributed by atoms with Gasteiger partial charge in [-0.25, -0.2) is 4.79 Å². The van der Waals surface area contributed by atoms with Crippen molar-refractivity contribution in [3.05, 3.63) is 63.6 Å². The molecule has 0 aliphatic carbocycles. The number of anilines is 1. The third kappa shape index (κ3) is 3.61. The highest BCUT2D eigenvalue weighted by Crippen LogP contribution is 2.23. The number of hydrogen-bond acceptors (Lipinski definition) is 2. The maximum Gasteiger partial charge on any atom is 0.335 e. The van der Waals surface area contributed by atoms with Crippen LogP contribution in [0.25, 0.3) is 0 Å². The first-order chi connectivity index (χ1) is 9.45. The third-order valence-corrected chi connectivity index (χ3v) is 3.57. The summed E-state index contributed by atoms with van der Waals surface area (Å²) in [6.45, 7) is 2.79. The van der Waals surface area contributed by atoms with E-state index in [-0.39, 0.29) is 5.56 Å². The van der Waals surface area contributed by atoms with Gasteiger partial charge >= 0.3 is 5.97 Å². The molecule has 0 aliphatic heterocycles. The topological polar surface area (TPSA) is 40.5 Å². The summed E-state index contributed by atoms with van der Waals surface area (Å²) in [7, 11) is 1.95. The molecule has 2 rings (SSSR count). The zero-order chi connectivity index (χ0) is 14.7. The molecular weight excluding hydrogens is 318 g/mol. The molecule has 0 aromatic heterocycles. The fourth-order valence-electron chi connectivity index (χ4n) is 1.98. The quantitative estimate of drug-likeness (QED) is 0.915. The molecule has 0 bridgehead atoms. The van der Waals surface area contributed by atoms with Crippen LogP contribution in [0.4, 0.5) is 5.69 Å². The highest BCUT2D eigenvalue weighted by Gasteiger charge is 2.09. The van der Waals surface area contributed by atoms with Gasteiger partial charge in [-0.05, 0) is 30.7 Å². The normalized spacial score (nSPS) is 10.3. The second kappa shape index (κ2) is 6.09. The molecule has 2 aromatic carbocycles. The summed E-state index contributed by atoms with van der Waals surface area (Å²) in [5.41, 5.74) is 3.57. The lowest BCUT2D eigenvalue weighted by Crippen LogP contribution is -2.17. The van der Waals surface area contributed by atoms with Crippen LogP contribution in [0.1, 0.15) is 21.5 Å². The van der Waals surface area contributed by atoms with Crippen LogP contribution in [0, 0.1) is 6.92 Å². The Balaban J connectivity index is 2.22. The molecule has 0 spiro atoms. The maximum absolute atomic E-state index is 11.1. The average Bonchev–Trinajstić information content (AvgIpc) is 2.40. The Morgan fingerprint density at radius 2 is 1.85 bits per heavy atom. The standard InChI is InChI=1S/C16H16BrNO2/c1-11-3-5-12(6-4-11)10-18(2)15-8-13(16(19)20)7-14(17)9-15/h3-9H,10H2,1-2H3,(H,19,20). The van der Waals surface area contributed by atoms with Gasteiger partial charge in [0.05, 0.1) is 5.56 Å². The van der Waals surface area contributed by atoms with Crippen LogP contribution in [0.5, 0.6) is 0 Å². The number of benzene rings is 2. The smallest absolute Gasteiger partial charge is 0.335 e. The van der Waals surface area contributed by atoms with Gasteiger partial charge in [-0.1, -0.05) is 45.8 Å². The van der Waals surface area contributed by atoms with E-state index in [9.17, 15) is 4.79 Å². The second-order valence-electron chi connectivity index (χ2n) is 4.84. The van der Waals surface area contributed by atoms with Gasteiger partial charge in [-0.3, -0.25) is 0 Å². The lowest BCUT2D eigenvalue weighted by Gasteiger charge is -2.20. The Morgan fingerprint density at radius 3 is 2.45 bits per heavy atom. The molecule has 0 unspecified atom stereocenters. The molecule has 20 heavy (non-hydrogen) atoms. The molecule has 0 fully saturated rings. The molecule has 0 heterocycles. The number of aryl methyl sites for hydroxylation is 1. The van der Waals surface area contributed by atoms with Crippen LogP contribution in [0.2, 0.25) is 0 Å². The van der Waals surface area contributed by atoms with E-state index in [1.165, 1.54) is 11.1 Å². The van der Waals surface area contributed by atoms with E-state index in [1.807, 2.05) is 18.0 Å². The summed E-state index contributed by atoms with van der Waals surface area (Å²) in [6, 6.07) is 13.5. The number of halogens is 1. The first kappa shape index (κ1) is 14.6. The Hall–Kier alpha value is -1.81. The van der Waals surface area contributed by atoms with E-state index >= 15 is 0 Å². The van der Waals surface area contributed by atoms with Crippen molar-refractivity contribution in [2.24, 2.45) is 0 Å². The van der Waals surface area contributed by atoms with E-state index in [0.717, 1.165) is 16.7 Å². The highest BCUT2D eigenvalue weighted by atomic mass is 79.9. The van der Waals surface area contributed by atoms with Crippen LogP contribution in [0.15, 0.2) is 46.9 Å². The first-order valence-electron chi connectivity index (χ1n) is 6.26. The molecule has 104 valence electrons. The van der Waals surface area contributed by atoms with Gasteiger partial charge in [-0.15, -0.1) is 0 Å². The number of rotatable bonds is 4. The van der Waals surface area contributed by atoms with Crippen molar-refractivity contribution in [1.29, 1.82) is 0 Å². The van der Waals surface area contributed by atoms with Crippen molar-refractivity contribution in [3.63, 3.8) is 0 Å². The van der Waals surface area contributed by atoms with E-state index in [1.54, 1.807) is 12.1 Å². The maximum atomic E-state index is 11.1. The summed E-state index contributed by atoms with van der Waals surface area (Å²) < 4.78 is 0.767. The Morgan fingerprint density at radius 1 is 1.20 bits per heavy atom. The zero-order valence-corrected chi connectivity index (χ0v) is 13.0. The summed E-state index contributed by atoms with van der Waals surface area (Å²) in [5, 5.41) is 9.10. The van der Waals surface area contributed by atoms with E-state index in [4.69, 9.17) is 5.11 Å². The van der Waals surface area contributed by atoms with Gasteiger partial charge in [0.25, 0.3) is 0 Å². The van der Waals surface area contributed by atoms with Crippen LogP contribution in [-0.4, -0.2) is 18.1 Å². The molecule has 3 nitrogen and oxygen atoms in total. The molecule has 1 N–H and O–H groups in total. The van der Waals surface area contributed by atoms with Crippen molar-refractivity contribution >= 4 is 27.6 Å². The number of aromatic carboxylic acids is 1. The van der Waals surface area contributed by atoms with Crippen LogP contribution >= 0.6 is 15.9 Å². The summed E-state index contributed by atoms with van der Waals surface area (Å²) in [6.07, 6.45) is 0. The molecule has 0 radical (unpaired) electrons. The molecule has 0 aliphatic rings. The molecule has 4 heteroatoms. The van der Waals surface area contributed by atoms with Gasteiger partial charge in [0.15, 0.2) is 0 Å². The Labute approximate surface area is 127 Å². The van der Waals surface area contributed by atoms with Crippen molar-refractivity contribution in [2.75, 3.05) is 11.9 Å². The predicted molar refractivity (Wildman–Crippen MR) is 84.4 cm³/mol. The first-order valence-corrected chi connectivity index (χ1v) is 7.05. The van der Waals surface area contributed by atoms with Crippen molar-refractivity contribution in [2.45, 2.75) is 13.5 Å². The largest absolute Gasteiger partial charge is 0.478 e. The SMILES string of the molecule is Cc1ccc(CN(C)c2cc(Br)cc(C(=O)O)c2)cc1. The van der Waals surface area contributed by atoms with Crippen LogP contribution in [-0.2, 0) is 6.54 Å². The highest BCUT2D eigenvalue weighted by molar-refractivity contribution is 9.10. The minimum Gasteiger partial charge on any atom is -0.478 e. The number of carbonyl (C=O) groups is 1. The molecule has 2 aromatic rings. The van der Waals surface area contributed by atoms with Gasteiger partial charge in [0.1, 0.15) is 0 Å². The predicted octanol–water partition coefficient (Wildman–Crippen LogP) is 4.09. The van der Waals surface area contributed by atoms with Gasteiger partial charge < -0.3 is 10.0 Å². The van der Waals surface area contributed by atoms with E-state index < -0.39 is 5.97 Å². The average molecular weight is 334 g/mol. The molecule has 0 saturated carbocycles. The van der Waals surface area contributed by atoms with Gasteiger partial charge in [-0.2, -0.15) is 0 Å². The van der Waals surface area contributed by atoms with E-state index in [2.05, 4.69) is 47.1 Å². The molecule has 0 atom stereocenters. The number of carboxylic acids is 1. The Bertz CT molecular complexity index is 623. The molecule has 0 saturated heterocycles. The Kier molecular flexibility index (Phi) is 4.45. The van der Waals surface area contributed by atoms with Crippen molar-refractivity contribution < 1.29 is 9.90 Å². The minimum atomic E-state index is -0.920. The second-order valence-corrected chi connectivity index (χ2v) is 5.76. The fourth-order valence-corrected chi connectivity index (χ4v) is 2.46. The van der Waals surface area contributed by atoms with E-state index in [0.29, 0.717) is 0 Å². The number of carboxylic acid groups (broad SMARTS) is 1. The zero-order valence-electron chi connectivity index (χ0n) is 11.4. The molecule has 0 amide bonds. The summed E-state index contributed by atoms with van der Waals surface area (Å²) in [5.74, 6) is -0.920. The van der Waals surface area contributed by atoms with Gasteiger partial charge in [0.2, 0.25) is 0 Å². The van der Waals surface area contributed by atoms with Gasteiger partial charge in [0, 0.05) is 23.8 Å². The minimum absolute atomic E-state index is 0.283. The number of hydrogen-bond donors (Lipinski definition) is 1. The monoisotopic (exact) mass is 333 g/mol. The summed E-state index contributed by atoms with van der Waals surface area (Å²) >= 11 is 3.35. The van der Waals surface area contributed by atoms with Crippen LogP contribution in [0.3, 0.4) is 0 Å². The van der Waals surface area contributed by atoms with Crippen molar-refractivity contribution in [3.8, 4) is 0 Å². The van der Waals surface area contributed by atoms with Crippen molar-refractivity contribution in [1.82, 2.24) is 0 Å². The van der Waals surface area contributed by atoms with Crippen LogP contribution < -0.4 is 4.90 Å². The molecular formula is C16H16BrNO2. The lowest BCUT2D eigenvalue weighted by atomic mass is 10.1. The summed E-state index contributed by atoms with van der Waals surface area (Å²) in [4.78, 5) is 13.1. The fraction of sp³-hybridized carbons (Fsp3) is 0.188. The third-order valence-electron chi connectivity index (χ3n) is 3.11.